The summed E-state index contributed by atoms with van der Waals surface area (Å²) in [5.41, 5.74) is 2.63. The second-order valence-corrected chi connectivity index (χ2v) is 7.04. The number of aromatic hydroxyl groups is 1. The Morgan fingerprint density at radius 2 is 1.86 bits per heavy atom. The van der Waals surface area contributed by atoms with E-state index in [0.29, 0.717) is 17.6 Å². The summed E-state index contributed by atoms with van der Waals surface area (Å²) in [4.78, 5) is 25.8. The quantitative estimate of drug-likeness (QED) is 0.691. The van der Waals surface area contributed by atoms with Crippen LogP contribution in [0.2, 0.25) is 0 Å². The average Bonchev–Trinajstić information content (AvgIpc) is 2.99. The first-order valence-electron chi connectivity index (χ1n) is 9.14. The Balaban J connectivity index is 2.32. The van der Waals surface area contributed by atoms with Gasteiger partial charge in [-0.3, -0.25) is 14.2 Å². The summed E-state index contributed by atoms with van der Waals surface area (Å²) in [5, 5.41) is 20.9. The van der Waals surface area contributed by atoms with Crippen molar-refractivity contribution in [3.63, 3.8) is 0 Å². The summed E-state index contributed by atoms with van der Waals surface area (Å²) in [6, 6.07) is 5.73. The highest BCUT2D eigenvalue weighted by Crippen LogP contribution is 2.33. The number of rotatable bonds is 4. The standard InChI is InChI=1S/C22H22N2O4/c1-6-9-24-21(26)16(10-23)13(4)17(22(24)27)18(25)20-14(5)15-8-7-11(2)12(3)19(15)28-20/h7-8,27H,6,9H2,1-5H3. The molecule has 144 valence electrons. The topological polar surface area (TPSA) is 96.2 Å². The Morgan fingerprint density at radius 1 is 1.18 bits per heavy atom. The molecule has 0 aliphatic carbocycles. The Bertz CT molecular complexity index is 1220. The van der Waals surface area contributed by atoms with Gasteiger partial charge in [0.25, 0.3) is 5.56 Å². The molecule has 2 aromatic heterocycles. The third-order valence-corrected chi connectivity index (χ3v) is 5.31. The van der Waals surface area contributed by atoms with Crippen molar-refractivity contribution in [1.29, 1.82) is 5.26 Å². The van der Waals surface area contributed by atoms with Crippen LogP contribution in [0.15, 0.2) is 21.3 Å². The Morgan fingerprint density at radius 3 is 2.46 bits per heavy atom. The van der Waals surface area contributed by atoms with E-state index in [-0.39, 0.29) is 29.0 Å². The number of benzene rings is 1. The van der Waals surface area contributed by atoms with Gasteiger partial charge in [-0.1, -0.05) is 19.1 Å². The van der Waals surface area contributed by atoms with E-state index in [1.165, 1.54) is 6.92 Å². The van der Waals surface area contributed by atoms with Crippen LogP contribution < -0.4 is 5.56 Å². The fourth-order valence-electron chi connectivity index (χ4n) is 3.50. The van der Waals surface area contributed by atoms with E-state index in [1.54, 1.807) is 6.92 Å². The molecule has 0 unspecified atom stereocenters. The van der Waals surface area contributed by atoms with E-state index < -0.39 is 17.2 Å². The van der Waals surface area contributed by atoms with E-state index in [2.05, 4.69) is 0 Å². The van der Waals surface area contributed by atoms with Gasteiger partial charge in [-0.15, -0.1) is 0 Å². The minimum Gasteiger partial charge on any atom is -0.494 e. The number of ketones is 1. The summed E-state index contributed by atoms with van der Waals surface area (Å²) in [6.07, 6.45) is 0.567. The van der Waals surface area contributed by atoms with Crippen molar-refractivity contribution in [1.82, 2.24) is 4.57 Å². The number of fused-ring (bicyclic) bond motifs is 1. The first-order chi connectivity index (χ1) is 13.2. The molecule has 6 heteroatoms. The summed E-state index contributed by atoms with van der Waals surface area (Å²) in [5.74, 6) is -0.865. The van der Waals surface area contributed by atoms with Crippen LogP contribution in [0, 0.1) is 39.0 Å². The number of aryl methyl sites for hydroxylation is 3. The molecule has 0 radical (unpaired) electrons. The van der Waals surface area contributed by atoms with Gasteiger partial charge < -0.3 is 9.52 Å². The molecule has 0 spiro atoms. The lowest BCUT2D eigenvalue weighted by atomic mass is 9.98. The molecule has 3 rings (SSSR count). The van der Waals surface area contributed by atoms with E-state index in [1.807, 2.05) is 39.0 Å². The molecule has 0 amide bonds. The number of furan rings is 1. The smallest absolute Gasteiger partial charge is 0.271 e. The molecular formula is C22H22N2O4. The zero-order valence-electron chi connectivity index (χ0n) is 16.6. The molecule has 0 saturated carbocycles. The molecule has 2 heterocycles. The van der Waals surface area contributed by atoms with Gasteiger partial charge in [-0.25, -0.2) is 0 Å². The van der Waals surface area contributed by atoms with Gasteiger partial charge in [0, 0.05) is 17.5 Å². The molecule has 1 aromatic carbocycles. The van der Waals surface area contributed by atoms with Crippen LogP contribution in [0.3, 0.4) is 0 Å². The lowest BCUT2D eigenvalue weighted by molar-refractivity contribution is 0.100. The summed E-state index contributed by atoms with van der Waals surface area (Å²) in [6.45, 7) is 9.21. The van der Waals surface area contributed by atoms with Crippen molar-refractivity contribution in [3.05, 3.63) is 61.6 Å². The predicted molar refractivity (Wildman–Crippen MR) is 106 cm³/mol. The van der Waals surface area contributed by atoms with Gasteiger partial charge in [-0.05, 0) is 50.8 Å². The minimum atomic E-state index is -0.594. The molecule has 0 atom stereocenters. The van der Waals surface area contributed by atoms with Crippen molar-refractivity contribution in [2.75, 3.05) is 0 Å². The lowest BCUT2D eigenvalue weighted by Crippen LogP contribution is -2.26. The molecule has 0 aliphatic heterocycles. The van der Waals surface area contributed by atoms with Crippen LogP contribution >= 0.6 is 0 Å². The number of nitriles is 1. The third kappa shape index (κ3) is 2.71. The number of aromatic nitrogens is 1. The van der Waals surface area contributed by atoms with Gasteiger partial charge in [0.05, 0.1) is 5.56 Å². The molecule has 0 aliphatic rings. The number of pyridine rings is 1. The average molecular weight is 378 g/mol. The Kier molecular flexibility index (Phi) is 4.86. The van der Waals surface area contributed by atoms with Crippen LogP contribution in [-0.2, 0) is 6.54 Å². The van der Waals surface area contributed by atoms with Crippen molar-refractivity contribution < 1.29 is 14.3 Å². The molecule has 0 fully saturated rings. The van der Waals surface area contributed by atoms with Crippen LogP contribution in [-0.4, -0.2) is 15.5 Å². The molecule has 0 bridgehead atoms. The lowest BCUT2D eigenvalue weighted by Gasteiger charge is -2.14. The number of hydrogen-bond donors (Lipinski definition) is 1. The van der Waals surface area contributed by atoms with Crippen LogP contribution in [0.4, 0.5) is 0 Å². The van der Waals surface area contributed by atoms with Crippen molar-refractivity contribution >= 4 is 16.8 Å². The second-order valence-electron chi connectivity index (χ2n) is 7.04. The highest BCUT2D eigenvalue weighted by atomic mass is 16.3. The van der Waals surface area contributed by atoms with E-state index in [4.69, 9.17) is 4.42 Å². The Hall–Kier alpha value is -3.33. The number of carbonyl (C=O) groups excluding carboxylic acids is 1. The highest BCUT2D eigenvalue weighted by Gasteiger charge is 2.28. The fraction of sp³-hybridized carbons (Fsp3) is 0.318. The minimum absolute atomic E-state index is 0.0684. The largest absolute Gasteiger partial charge is 0.494 e. The first kappa shape index (κ1) is 19.4. The van der Waals surface area contributed by atoms with Gasteiger partial charge in [0.15, 0.2) is 5.76 Å². The molecule has 1 N–H and O–H groups in total. The zero-order chi connectivity index (χ0) is 20.7. The third-order valence-electron chi connectivity index (χ3n) is 5.31. The van der Waals surface area contributed by atoms with Gasteiger partial charge in [0.2, 0.25) is 11.7 Å². The maximum Gasteiger partial charge on any atom is 0.271 e. The Labute approximate surface area is 162 Å². The molecule has 0 saturated heterocycles. The van der Waals surface area contributed by atoms with E-state index in [9.17, 15) is 20.0 Å². The first-order valence-corrected chi connectivity index (χ1v) is 9.14. The SMILES string of the molecule is CCCn1c(O)c(C(=O)c2oc3c(C)c(C)ccc3c2C)c(C)c(C#N)c1=O. The zero-order valence-corrected chi connectivity index (χ0v) is 16.6. The van der Waals surface area contributed by atoms with Crippen LogP contribution in [0.5, 0.6) is 5.88 Å². The fourth-order valence-corrected chi connectivity index (χ4v) is 3.50. The van der Waals surface area contributed by atoms with Gasteiger partial charge >= 0.3 is 0 Å². The van der Waals surface area contributed by atoms with Crippen LogP contribution in [0.1, 0.15) is 57.3 Å². The predicted octanol–water partition coefficient (Wildman–Crippen LogP) is 4.05. The number of nitrogens with zero attached hydrogens (tertiary/aromatic N) is 2. The van der Waals surface area contributed by atoms with Crippen molar-refractivity contribution in [2.45, 2.75) is 47.6 Å². The van der Waals surface area contributed by atoms with E-state index in [0.717, 1.165) is 21.1 Å². The summed E-state index contributed by atoms with van der Waals surface area (Å²) >= 11 is 0. The second kappa shape index (κ2) is 7.01. The van der Waals surface area contributed by atoms with Crippen LogP contribution in [0.25, 0.3) is 11.0 Å². The highest BCUT2D eigenvalue weighted by molar-refractivity contribution is 6.13. The summed E-state index contributed by atoms with van der Waals surface area (Å²) in [7, 11) is 0. The molecular weight excluding hydrogens is 356 g/mol. The van der Waals surface area contributed by atoms with Crippen molar-refractivity contribution in [2.24, 2.45) is 0 Å². The summed E-state index contributed by atoms with van der Waals surface area (Å²) < 4.78 is 6.98. The number of hydrogen-bond acceptors (Lipinski definition) is 5. The maximum atomic E-state index is 13.3. The van der Waals surface area contributed by atoms with Gasteiger partial charge in [-0.2, -0.15) is 5.26 Å². The van der Waals surface area contributed by atoms with Crippen molar-refractivity contribution in [3.8, 4) is 11.9 Å². The van der Waals surface area contributed by atoms with Gasteiger partial charge in [0.1, 0.15) is 17.2 Å². The van der Waals surface area contributed by atoms with E-state index >= 15 is 0 Å². The molecule has 6 nitrogen and oxygen atoms in total. The number of carbonyl (C=O) groups is 1. The maximum absolute atomic E-state index is 13.3. The molecule has 3 aromatic rings. The monoisotopic (exact) mass is 378 g/mol. The normalized spacial score (nSPS) is 11.0. The molecule has 28 heavy (non-hydrogen) atoms.